The van der Waals surface area contributed by atoms with Crippen LogP contribution in [0.2, 0.25) is 0 Å². The Hall–Kier alpha value is -0.670. The van der Waals surface area contributed by atoms with Crippen LogP contribution in [-0.2, 0) is 0 Å². The van der Waals surface area contributed by atoms with Gasteiger partial charge >= 0.3 is 0 Å². The SMILES string of the molecule is CCSCCOc1ccc(C)cc1[C@H](C)N. The van der Waals surface area contributed by atoms with Gasteiger partial charge in [-0.2, -0.15) is 11.8 Å². The van der Waals surface area contributed by atoms with E-state index >= 15 is 0 Å². The molecule has 0 aromatic heterocycles. The molecule has 90 valence electrons. The van der Waals surface area contributed by atoms with E-state index in [2.05, 4.69) is 26.0 Å². The summed E-state index contributed by atoms with van der Waals surface area (Å²) in [5.41, 5.74) is 8.25. The van der Waals surface area contributed by atoms with Crippen molar-refractivity contribution in [2.45, 2.75) is 26.8 Å². The van der Waals surface area contributed by atoms with Crippen molar-refractivity contribution >= 4 is 11.8 Å². The highest BCUT2D eigenvalue weighted by Gasteiger charge is 2.07. The van der Waals surface area contributed by atoms with Crippen molar-refractivity contribution in [1.29, 1.82) is 0 Å². The van der Waals surface area contributed by atoms with Gasteiger partial charge in [0.2, 0.25) is 0 Å². The van der Waals surface area contributed by atoms with Crippen LogP contribution in [0.3, 0.4) is 0 Å². The second kappa shape index (κ2) is 6.81. The Kier molecular flexibility index (Phi) is 5.71. The van der Waals surface area contributed by atoms with Gasteiger partial charge in [0.15, 0.2) is 0 Å². The molecule has 1 aromatic rings. The Labute approximate surface area is 103 Å². The fourth-order valence-electron chi connectivity index (χ4n) is 1.51. The van der Waals surface area contributed by atoms with E-state index in [-0.39, 0.29) is 6.04 Å². The summed E-state index contributed by atoms with van der Waals surface area (Å²) in [6.45, 7) is 6.97. The summed E-state index contributed by atoms with van der Waals surface area (Å²) in [5, 5.41) is 0. The molecule has 16 heavy (non-hydrogen) atoms. The Morgan fingerprint density at radius 2 is 2.19 bits per heavy atom. The molecule has 1 atom stereocenters. The van der Waals surface area contributed by atoms with Crippen LogP contribution in [0.1, 0.15) is 31.0 Å². The van der Waals surface area contributed by atoms with E-state index in [0.717, 1.165) is 29.4 Å². The smallest absolute Gasteiger partial charge is 0.124 e. The van der Waals surface area contributed by atoms with Crippen molar-refractivity contribution in [2.24, 2.45) is 5.73 Å². The van der Waals surface area contributed by atoms with Crippen LogP contribution in [0, 0.1) is 6.92 Å². The first-order valence-corrected chi connectivity index (χ1v) is 6.87. The van der Waals surface area contributed by atoms with Crippen LogP contribution in [0.15, 0.2) is 18.2 Å². The molecule has 1 aromatic carbocycles. The average molecular weight is 239 g/mol. The van der Waals surface area contributed by atoms with E-state index in [0.29, 0.717) is 0 Å². The first-order valence-electron chi connectivity index (χ1n) is 5.71. The first kappa shape index (κ1) is 13.4. The molecule has 0 aliphatic carbocycles. The van der Waals surface area contributed by atoms with Gasteiger partial charge < -0.3 is 10.5 Å². The summed E-state index contributed by atoms with van der Waals surface area (Å²) in [5.74, 6) is 3.09. The van der Waals surface area contributed by atoms with Crippen molar-refractivity contribution < 1.29 is 4.74 Å². The third-order valence-electron chi connectivity index (χ3n) is 2.35. The number of hydrogen-bond donors (Lipinski definition) is 1. The Bertz CT molecular complexity index is 326. The molecule has 0 saturated carbocycles. The van der Waals surface area contributed by atoms with Gasteiger partial charge in [0.25, 0.3) is 0 Å². The number of benzene rings is 1. The van der Waals surface area contributed by atoms with Crippen molar-refractivity contribution in [2.75, 3.05) is 18.1 Å². The lowest BCUT2D eigenvalue weighted by molar-refractivity contribution is 0.338. The highest BCUT2D eigenvalue weighted by molar-refractivity contribution is 7.99. The van der Waals surface area contributed by atoms with Crippen LogP contribution >= 0.6 is 11.8 Å². The number of hydrogen-bond acceptors (Lipinski definition) is 3. The van der Waals surface area contributed by atoms with E-state index in [4.69, 9.17) is 10.5 Å². The van der Waals surface area contributed by atoms with Gasteiger partial charge in [-0.05, 0) is 25.7 Å². The summed E-state index contributed by atoms with van der Waals surface area (Å²) in [6, 6.07) is 6.21. The molecule has 0 heterocycles. The zero-order valence-corrected chi connectivity index (χ0v) is 11.1. The molecule has 0 unspecified atom stereocenters. The van der Waals surface area contributed by atoms with Gasteiger partial charge in [-0.3, -0.25) is 0 Å². The first-order chi connectivity index (χ1) is 7.65. The molecule has 0 spiro atoms. The van der Waals surface area contributed by atoms with Crippen molar-refractivity contribution in [1.82, 2.24) is 0 Å². The monoisotopic (exact) mass is 239 g/mol. The van der Waals surface area contributed by atoms with Gasteiger partial charge in [-0.25, -0.2) is 0 Å². The minimum absolute atomic E-state index is 0.0220. The predicted octanol–water partition coefficient (Wildman–Crippen LogP) is 3.15. The lowest BCUT2D eigenvalue weighted by atomic mass is 10.1. The molecule has 0 saturated heterocycles. The van der Waals surface area contributed by atoms with Crippen molar-refractivity contribution in [3.8, 4) is 5.75 Å². The lowest BCUT2D eigenvalue weighted by Gasteiger charge is -2.14. The van der Waals surface area contributed by atoms with Crippen LogP contribution in [0.5, 0.6) is 5.75 Å². The number of nitrogens with two attached hydrogens (primary N) is 1. The average Bonchev–Trinajstić information content (AvgIpc) is 2.26. The number of ether oxygens (including phenoxy) is 1. The fourth-order valence-corrected chi connectivity index (χ4v) is 2.00. The second-order valence-corrected chi connectivity index (χ2v) is 5.27. The molecular weight excluding hydrogens is 218 g/mol. The zero-order valence-electron chi connectivity index (χ0n) is 10.3. The maximum Gasteiger partial charge on any atom is 0.124 e. The third kappa shape index (κ3) is 4.06. The molecular formula is C13H21NOS. The zero-order chi connectivity index (χ0) is 12.0. The quantitative estimate of drug-likeness (QED) is 0.775. The van der Waals surface area contributed by atoms with Gasteiger partial charge in [0.05, 0.1) is 6.61 Å². The van der Waals surface area contributed by atoms with Crippen molar-refractivity contribution in [3.63, 3.8) is 0 Å². The van der Waals surface area contributed by atoms with Crippen LogP contribution in [-0.4, -0.2) is 18.1 Å². The lowest BCUT2D eigenvalue weighted by Crippen LogP contribution is -2.09. The maximum absolute atomic E-state index is 5.93. The minimum atomic E-state index is 0.0220. The van der Waals surface area contributed by atoms with Crippen LogP contribution < -0.4 is 10.5 Å². The Morgan fingerprint density at radius 3 is 2.81 bits per heavy atom. The largest absolute Gasteiger partial charge is 0.492 e. The van der Waals surface area contributed by atoms with E-state index in [9.17, 15) is 0 Å². The summed E-state index contributed by atoms with van der Waals surface area (Å²) in [6.07, 6.45) is 0. The molecule has 0 radical (unpaired) electrons. The number of thioether (sulfide) groups is 1. The highest BCUT2D eigenvalue weighted by atomic mass is 32.2. The normalized spacial score (nSPS) is 12.5. The molecule has 0 aliphatic rings. The second-order valence-electron chi connectivity index (χ2n) is 3.88. The topological polar surface area (TPSA) is 35.2 Å². The van der Waals surface area contributed by atoms with E-state index < -0.39 is 0 Å². The predicted molar refractivity (Wildman–Crippen MR) is 72.3 cm³/mol. The standard InChI is InChI=1S/C13H21NOS/c1-4-16-8-7-15-13-6-5-10(2)9-12(13)11(3)14/h5-6,9,11H,4,7-8,14H2,1-3H3/t11-/m0/s1. The number of aryl methyl sites for hydroxylation is 1. The van der Waals surface area contributed by atoms with E-state index in [1.165, 1.54) is 5.56 Å². The molecule has 0 aliphatic heterocycles. The highest BCUT2D eigenvalue weighted by Crippen LogP contribution is 2.25. The molecule has 2 N–H and O–H groups in total. The van der Waals surface area contributed by atoms with Gasteiger partial charge in [0, 0.05) is 17.4 Å². The van der Waals surface area contributed by atoms with Gasteiger partial charge in [-0.1, -0.05) is 24.6 Å². The van der Waals surface area contributed by atoms with E-state index in [1.807, 2.05) is 24.8 Å². The summed E-state index contributed by atoms with van der Waals surface area (Å²) < 4.78 is 5.75. The maximum atomic E-state index is 5.93. The number of rotatable bonds is 6. The van der Waals surface area contributed by atoms with Crippen molar-refractivity contribution in [3.05, 3.63) is 29.3 Å². The van der Waals surface area contributed by atoms with Crippen LogP contribution in [0.4, 0.5) is 0 Å². The summed E-state index contributed by atoms with van der Waals surface area (Å²) in [4.78, 5) is 0. The molecule has 3 heteroatoms. The molecule has 0 bridgehead atoms. The van der Waals surface area contributed by atoms with Gasteiger partial charge in [-0.15, -0.1) is 0 Å². The molecule has 2 nitrogen and oxygen atoms in total. The fraction of sp³-hybridized carbons (Fsp3) is 0.538. The summed E-state index contributed by atoms with van der Waals surface area (Å²) >= 11 is 1.89. The third-order valence-corrected chi connectivity index (χ3v) is 3.21. The van der Waals surface area contributed by atoms with Crippen LogP contribution in [0.25, 0.3) is 0 Å². The van der Waals surface area contributed by atoms with Gasteiger partial charge in [0.1, 0.15) is 5.75 Å². The minimum Gasteiger partial charge on any atom is -0.492 e. The van der Waals surface area contributed by atoms with E-state index in [1.54, 1.807) is 0 Å². The Morgan fingerprint density at radius 1 is 1.44 bits per heavy atom. The molecule has 1 rings (SSSR count). The Balaban J connectivity index is 2.64. The molecule has 0 fully saturated rings. The molecule has 0 amide bonds. The summed E-state index contributed by atoms with van der Waals surface area (Å²) in [7, 11) is 0.